The molecule has 1 heterocycles. The molecule has 1 N–H and O–H groups in total. The van der Waals surface area contributed by atoms with Gasteiger partial charge in [0.1, 0.15) is 5.82 Å². The normalized spacial score (nSPS) is 10.2. The fraction of sp³-hybridized carbons (Fsp3) is 0.0769. The Balaban J connectivity index is 2.30. The molecule has 0 aliphatic carbocycles. The average molecular weight is 405 g/mol. The van der Waals surface area contributed by atoms with Crippen LogP contribution in [0.3, 0.4) is 0 Å². The average Bonchev–Trinajstić information content (AvgIpc) is 2.85. The highest BCUT2D eigenvalue weighted by atomic mass is 127. The van der Waals surface area contributed by atoms with Crippen LogP contribution in [0, 0.1) is 8.70 Å². The number of benzene rings is 1. The van der Waals surface area contributed by atoms with Gasteiger partial charge in [0.05, 0.1) is 26.8 Å². The first-order valence-electron chi connectivity index (χ1n) is 5.44. The molecule has 104 valence electrons. The van der Waals surface area contributed by atoms with Crippen LogP contribution in [0.5, 0.6) is 0 Å². The number of amides is 1. The maximum atomic E-state index is 13.3. The predicted molar refractivity (Wildman–Crippen MR) is 82.7 cm³/mol. The Morgan fingerprint density at radius 1 is 1.35 bits per heavy atom. The van der Waals surface area contributed by atoms with E-state index in [1.807, 2.05) is 0 Å². The van der Waals surface area contributed by atoms with E-state index in [0.717, 1.165) is 15.0 Å². The molecule has 7 heteroatoms. The summed E-state index contributed by atoms with van der Waals surface area (Å²) in [6.07, 6.45) is 0. The number of hydrogen-bond acceptors (Lipinski definition) is 4. The first-order valence-corrected chi connectivity index (χ1v) is 7.40. The van der Waals surface area contributed by atoms with Crippen LogP contribution in [0.1, 0.15) is 20.7 Å². The summed E-state index contributed by atoms with van der Waals surface area (Å²) in [5, 5.41) is 4.21. The van der Waals surface area contributed by atoms with Gasteiger partial charge in [-0.2, -0.15) is 0 Å². The largest absolute Gasteiger partial charge is 0.465 e. The van der Waals surface area contributed by atoms with Gasteiger partial charge in [-0.25, -0.2) is 9.18 Å². The molecule has 0 fully saturated rings. The SMILES string of the molecule is COC(=O)c1ccc(F)cc1NC(=O)c1csc(I)c1. The number of carbonyl (C=O) groups is 2. The highest BCUT2D eigenvalue weighted by Crippen LogP contribution is 2.21. The van der Waals surface area contributed by atoms with E-state index in [0.29, 0.717) is 5.56 Å². The van der Waals surface area contributed by atoms with Crippen molar-refractivity contribution in [1.29, 1.82) is 0 Å². The van der Waals surface area contributed by atoms with Crippen molar-refractivity contribution in [3.63, 3.8) is 0 Å². The summed E-state index contributed by atoms with van der Waals surface area (Å²) in [7, 11) is 1.22. The molecule has 20 heavy (non-hydrogen) atoms. The van der Waals surface area contributed by atoms with Crippen molar-refractivity contribution in [2.24, 2.45) is 0 Å². The Kier molecular flexibility index (Phi) is 4.71. The lowest BCUT2D eigenvalue weighted by Crippen LogP contribution is -2.15. The Morgan fingerprint density at radius 3 is 2.70 bits per heavy atom. The van der Waals surface area contributed by atoms with Gasteiger partial charge in [-0.15, -0.1) is 11.3 Å². The zero-order valence-electron chi connectivity index (χ0n) is 10.3. The molecule has 0 saturated carbocycles. The lowest BCUT2D eigenvalue weighted by Gasteiger charge is -2.09. The maximum absolute atomic E-state index is 13.3. The smallest absolute Gasteiger partial charge is 0.339 e. The first kappa shape index (κ1) is 14.9. The van der Waals surface area contributed by atoms with Gasteiger partial charge >= 0.3 is 5.97 Å². The van der Waals surface area contributed by atoms with E-state index < -0.39 is 17.7 Å². The predicted octanol–water partition coefficient (Wildman–Crippen LogP) is 3.53. The maximum Gasteiger partial charge on any atom is 0.339 e. The van der Waals surface area contributed by atoms with Gasteiger partial charge < -0.3 is 10.1 Å². The minimum Gasteiger partial charge on any atom is -0.465 e. The van der Waals surface area contributed by atoms with E-state index in [4.69, 9.17) is 0 Å². The van der Waals surface area contributed by atoms with E-state index in [1.54, 1.807) is 11.4 Å². The van der Waals surface area contributed by atoms with Crippen molar-refractivity contribution < 1.29 is 18.7 Å². The van der Waals surface area contributed by atoms with Crippen LogP contribution in [-0.4, -0.2) is 19.0 Å². The monoisotopic (exact) mass is 405 g/mol. The van der Waals surface area contributed by atoms with Gasteiger partial charge in [-0.05, 0) is 46.9 Å². The molecule has 0 aliphatic rings. The number of hydrogen-bond donors (Lipinski definition) is 1. The molecule has 4 nitrogen and oxygen atoms in total. The van der Waals surface area contributed by atoms with Crippen LogP contribution in [0.2, 0.25) is 0 Å². The van der Waals surface area contributed by atoms with Gasteiger partial charge in [0.2, 0.25) is 0 Å². The Labute approximate surface area is 132 Å². The van der Waals surface area contributed by atoms with Crippen LogP contribution in [0.4, 0.5) is 10.1 Å². The first-order chi connectivity index (χ1) is 9.51. The number of rotatable bonds is 3. The third-order valence-corrected chi connectivity index (χ3v) is 4.25. The molecule has 0 bridgehead atoms. The molecular formula is C13H9FINO3S. The summed E-state index contributed by atoms with van der Waals surface area (Å²) in [6, 6.07) is 5.20. The number of nitrogens with one attached hydrogen (secondary N) is 1. The molecule has 0 atom stereocenters. The molecule has 0 saturated heterocycles. The highest BCUT2D eigenvalue weighted by Gasteiger charge is 2.16. The molecule has 1 aromatic heterocycles. The standard InChI is InChI=1S/C13H9FINO3S/c1-19-13(18)9-3-2-8(14)5-10(9)16-12(17)7-4-11(15)20-6-7/h2-6H,1H3,(H,16,17). The number of thiophene rings is 1. The van der Waals surface area contributed by atoms with Crippen molar-refractivity contribution in [2.45, 2.75) is 0 Å². The van der Waals surface area contributed by atoms with Gasteiger partial charge in [0.15, 0.2) is 0 Å². The number of methoxy groups -OCH3 is 1. The molecule has 1 amide bonds. The Bertz CT molecular complexity index is 671. The summed E-state index contributed by atoms with van der Waals surface area (Å²) in [5.41, 5.74) is 0.648. The van der Waals surface area contributed by atoms with Crippen LogP contribution in [-0.2, 0) is 4.74 Å². The fourth-order valence-corrected chi connectivity index (χ4v) is 2.86. The summed E-state index contributed by atoms with van der Waals surface area (Å²) >= 11 is 3.52. The highest BCUT2D eigenvalue weighted by molar-refractivity contribution is 14.1. The topological polar surface area (TPSA) is 55.4 Å². The zero-order chi connectivity index (χ0) is 14.7. The van der Waals surface area contributed by atoms with E-state index >= 15 is 0 Å². The number of ether oxygens (including phenoxy) is 1. The van der Waals surface area contributed by atoms with Crippen molar-refractivity contribution in [1.82, 2.24) is 0 Å². The van der Waals surface area contributed by atoms with Crippen LogP contribution < -0.4 is 5.32 Å². The van der Waals surface area contributed by atoms with E-state index in [1.165, 1.54) is 24.5 Å². The van der Waals surface area contributed by atoms with Crippen LogP contribution in [0.25, 0.3) is 0 Å². The molecule has 2 aromatic rings. The minimum atomic E-state index is -0.639. The quantitative estimate of drug-likeness (QED) is 0.628. The van der Waals surface area contributed by atoms with Crippen LogP contribution in [0.15, 0.2) is 29.6 Å². The summed E-state index contributed by atoms with van der Waals surface area (Å²) in [4.78, 5) is 23.6. The molecule has 0 radical (unpaired) electrons. The lowest BCUT2D eigenvalue weighted by molar-refractivity contribution is 0.0602. The molecule has 0 spiro atoms. The third-order valence-electron chi connectivity index (χ3n) is 2.46. The van der Waals surface area contributed by atoms with E-state index in [2.05, 4.69) is 32.6 Å². The Hall–Kier alpha value is -1.48. The van der Waals surface area contributed by atoms with Crippen LogP contribution >= 0.6 is 33.9 Å². The van der Waals surface area contributed by atoms with Gasteiger partial charge in [-0.1, -0.05) is 0 Å². The number of anilines is 1. The number of halogens is 2. The summed E-state index contributed by atoms with van der Waals surface area (Å²) in [5.74, 6) is -1.59. The Morgan fingerprint density at radius 2 is 2.10 bits per heavy atom. The van der Waals surface area contributed by atoms with Crippen molar-refractivity contribution in [3.8, 4) is 0 Å². The lowest BCUT2D eigenvalue weighted by atomic mass is 10.1. The molecule has 2 rings (SSSR count). The second-order valence-corrected chi connectivity index (χ2v) is 6.58. The second kappa shape index (κ2) is 6.31. The minimum absolute atomic E-state index is 0.0862. The zero-order valence-corrected chi connectivity index (χ0v) is 13.2. The van der Waals surface area contributed by atoms with Crippen molar-refractivity contribution >= 4 is 51.5 Å². The van der Waals surface area contributed by atoms with Gasteiger partial charge in [0, 0.05) is 5.38 Å². The van der Waals surface area contributed by atoms with Crippen molar-refractivity contribution in [3.05, 3.63) is 49.5 Å². The van der Waals surface area contributed by atoms with E-state index in [-0.39, 0.29) is 11.3 Å². The molecule has 1 aromatic carbocycles. The molecular weight excluding hydrogens is 396 g/mol. The second-order valence-electron chi connectivity index (χ2n) is 3.78. The summed E-state index contributed by atoms with van der Waals surface area (Å²) in [6.45, 7) is 0. The molecule has 0 unspecified atom stereocenters. The van der Waals surface area contributed by atoms with Gasteiger partial charge in [-0.3, -0.25) is 4.79 Å². The van der Waals surface area contributed by atoms with Crippen molar-refractivity contribution in [2.75, 3.05) is 12.4 Å². The van der Waals surface area contributed by atoms with E-state index in [9.17, 15) is 14.0 Å². The summed E-state index contributed by atoms with van der Waals surface area (Å²) < 4.78 is 18.8. The number of carbonyl (C=O) groups excluding carboxylic acids is 2. The molecule has 0 aliphatic heterocycles. The number of esters is 1. The third kappa shape index (κ3) is 3.34. The van der Waals surface area contributed by atoms with Gasteiger partial charge in [0.25, 0.3) is 5.91 Å². The fourth-order valence-electron chi connectivity index (χ4n) is 1.53.